The van der Waals surface area contributed by atoms with Crippen molar-refractivity contribution >= 4 is 11.6 Å². The van der Waals surface area contributed by atoms with E-state index >= 15 is 0 Å². The van der Waals surface area contributed by atoms with Crippen molar-refractivity contribution in [3.05, 3.63) is 59.1 Å². The minimum atomic E-state index is 0. The zero-order chi connectivity index (χ0) is 11.1. The molecule has 0 radical (unpaired) electrons. The van der Waals surface area contributed by atoms with Crippen LogP contribution in [0.2, 0.25) is 5.02 Å². The van der Waals surface area contributed by atoms with Crippen LogP contribution in [-0.4, -0.2) is 19.0 Å². The maximum atomic E-state index is 5.86. The Bertz CT molecular complexity index is 334. The van der Waals surface area contributed by atoms with E-state index in [1.807, 2.05) is 62.6 Å². The van der Waals surface area contributed by atoms with E-state index in [4.69, 9.17) is 11.6 Å². The number of hydrogen-bond acceptors (Lipinski definition) is 1. The van der Waals surface area contributed by atoms with Gasteiger partial charge >= 0.3 is 17.1 Å². The van der Waals surface area contributed by atoms with Crippen molar-refractivity contribution < 1.29 is 17.1 Å². The molecule has 0 aliphatic heterocycles. The van der Waals surface area contributed by atoms with E-state index in [1.165, 1.54) is 5.56 Å². The molecule has 2 aromatic rings. The largest absolute Gasteiger partial charge is 2.00 e. The zero-order valence-electron chi connectivity index (χ0n) is 9.50. The third kappa shape index (κ3) is 6.14. The van der Waals surface area contributed by atoms with Gasteiger partial charge in [0.05, 0.1) is 0 Å². The molecule has 1 nitrogen and oxygen atoms in total. The smallest absolute Gasteiger partial charge is 0.316 e. The minimum absolute atomic E-state index is 0. The summed E-state index contributed by atoms with van der Waals surface area (Å²) in [5, 5.41) is 0.869. The van der Waals surface area contributed by atoms with Crippen molar-refractivity contribution in [1.29, 1.82) is 0 Å². The first-order chi connectivity index (χ1) is 7.20. The summed E-state index contributed by atoms with van der Waals surface area (Å²) >= 11 is 5.86. The average molecular weight is 278 g/mol. The third-order valence-electron chi connectivity index (χ3n) is 1.89. The van der Waals surface area contributed by atoms with E-state index in [1.54, 1.807) is 0 Å². The molecule has 2 aromatic carbocycles. The topological polar surface area (TPSA) is 3.24 Å². The normalized spacial score (nSPS) is 9.25. The van der Waals surface area contributed by atoms with Gasteiger partial charge in [0.1, 0.15) is 0 Å². The molecule has 0 fully saturated rings. The van der Waals surface area contributed by atoms with E-state index in [9.17, 15) is 0 Å². The Morgan fingerprint density at radius 2 is 1.88 bits per heavy atom. The summed E-state index contributed by atoms with van der Waals surface area (Å²) in [6.45, 7) is 0.922. The molecule has 0 saturated heterocycles. The second-order valence-corrected chi connectivity index (χ2v) is 4.01. The van der Waals surface area contributed by atoms with Gasteiger partial charge < -0.3 is 4.90 Å². The number of nitrogens with zero attached hydrogens (tertiary/aromatic N) is 1. The standard InChI is InChI=1S/C8H11ClN.C5H5.Fe/c1-10(2)6-7-4-3-5-8(7)9;1-2-4-5-3-1;/h3-5H,6H2,1-2H3;1-5H;/q2*-1;+2. The second kappa shape index (κ2) is 8.60. The quantitative estimate of drug-likeness (QED) is 0.600. The summed E-state index contributed by atoms with van der Waals surface area (Å²) in [7, 11) is 4.06. The summed E-state index contributed by atoms with van der Waals surface area (Å²) < 4.78 is 0. The molecule has 0 N–H and O–H groups in total. The van der Waals surface area contributed by atoms with Crippen LogP contribution < -0.4 is 0 Å². The Morgan fingerprint density at radius 1 is 1.25 bits per heavy atom. The van der Waals surface area contributed by atoms with E-state index in [2.05, 4.69) is 4.90 Å². The van der Waals surface area contributed by atoms with Crippen LogP contribution in [0.15, 0.2) is 48.5 Å². The van der Waals surface area contributed by atoms with Crippen LogP contribution in [-0.2, 0) is 23.6 Å². The molecule has 16 heavy (non-hydrogen) atoms. The zero-order valence-corrected chi connectivity index (χ0v) is 11.4. The Hall–Kier alpha value is -0.531. The second-order valence-electron chi connectivity index (χ2n) is 3.60. The first-order valence-electron chi connectivity index (χ1n) is 4.91. The van der Waals surface area contributed by atoms with Crippen molar-refractivity contribution in [1.82, 2.24) is 4.90 Å². The predicted molar refractivity (Wildman–Crippen MR) is 66.5 cm³/mol. The molecular formula is C13H16ClFeN. The fraction of sp³-hybridized carbons (Fsp3) is 0.231. The van der Waals surface area contributed by atoms with E-state index in [-0.39, 0.29) is 17.1 Å². The third-order valence-corrected chi connectivity index (χ3v) is 2.26. The van der Waals surface area contributed by atoms with Crippen LogP contribution in [0, 0.1) is 0 Å². The number of rotatable bonds is 2. The Balaban J connectivity index is 0.000000318. The molecule has 0 aliphatic carbocycles. The molecule has 0 aromatic heterocycles. The van der Waals surface area contributed by atoms with Crippen LogP contribution >= 0.6 is 11.6 Å². The Morgan fingerprint density at radius 3 is 2.19 bits per heavy atom. The van der Waals surface area contributed by atoms with Gasteiger partial charge in [-0.15, -0.1) is 17.2 Å². The molecule has 0 bridgehead atoms. The van der Waals surface area contributed by atoms with Crippen LogP contribution in [0.1, 0.15) is 5.56 Å². The van der Waals surface area contributed by atoms with E-state index < -0.39 is 0 Å². The molecule has 0 spiro atoms. The van der Waals surface area contributed by atoms with Gasteiger partial charge in [-0.25, -0.2) is 18.2 Å². The summed E-state index contributed by atoms with van der Waals surface area (Å²) in [5.41, 5.74) is 1.20. The van der Waals surface area contributed by atoms with Gasteiger partial charge in [-0.3, -0.25) is 0 Å². The maximum absolute atomic E-state index is 5.86. The number of halogens is 1. The molecule has 0 atom stereocenters. The van der Waals surface area contributed by atoms with E-state index in [0.717, 1.165) is 11.6 Å². The first-order valence-corrected chi connectivity index (χ1v) is 5.29. The maximum Gasteiger partial charge on any atom is 2.00 e. The fourth-order valence-corrected chi connectivity index (χ4v) is 1.42. The van der Waals surface area contributed by atoms with Crippen LogP contribution in [0.5, 0.6) is 0 Å². The molecule has 2 rings (SSSR count). The van der Waals surface area contributed by atoms with Gasteiger partial charge in [0, 0.05) is 0 Å². The van der Waals surface area contributed by atoms with Crippen LogP contribution in [0.4, 0.5) is 0 Å². The average Bonchev–Trinajstić information content (AvgIpc) is 2.80. The minimum Gasteiger partial charge on any atom is -0.316 e. The van der Waals surface area contributed by atoms with Crippen LogP contribution in [0.3, 0.4) is 0 Å². The molecular weight excluding hydrogens is 261 g/mol. The molecule has 3 heteroatoms. The molecule has 0 aliphatic rings. The number of hydrogen-bond donors (Lipinski definition) is 0. The van der Waals surface area contributed by atoms with Gasteiger partial charge in [0.15, 0.2) is 0 Å². The SMILES string of the molecule is CN(C)C[c-]1cccc1Cl.[Fe+2].c1cc[cH-]c1. The van der Waals surface area contributed by atoms with Gasteiger partial charge in [-0.05, 0) is 20.6 Å². The summed E-state index contributed by atoms with van der Waals surface area (Å²) in [6.07, 6.45) is 0. The monoisotopic (exact) mass is 277 g/mol. The van der Waals surface area contributed by atoms with Crippen molar-refractivity contribution in [3.8, 4) is 0 Å². The van der Waals surface area contributed by atoms with Gasteiger partial charge in [-0.2, -0.15) is 30.3 Å². The Labute approximate surface area is 113 Å². The van der Waals surface area contributed by atoms with Gasteiger partial charge in [0.2, 0.25) is 0 Å². The Kier molecular flexibility index (Phi) is 8.32. The summed E-state index contributed by atoms with van der Waals surface area (Å²) in [4.78, 5) is 2.10. The predicted octanol–water partition coefficient (Wildman–Crippen LogP) is 3.52. The fourth-order valence-electron chi connectivity index (χ4n) is 1.23. The molecule has 0 saturated carbocycles. The van der Waals surface area contributed by atoms with Crippen LogP contribution in [0.25, 0.3) is 0 Å². The van der Waals surface area contributed by atoms with E-state index in [0.29, 0.717) is 0 Å². The summed E-state index contributed by atoms with van der Waals surface area (Å²) in [6, 6.07) is 15.9. The van der Waals surface area contributed by atoms with Crippen molar-refractivity contribution in [2.24, 2.45) is 0 Å². The van der Waals surface area contributed by atoms with Crippen molar-refractivity contribution in [2.45, 2.75) is 6.54 Å². The molecule has 88 valence electrons. The first kappa shape index (κ1) is 15.5. The molecule has 0 amide bonds. The van der Waals surface area contributed by atoms with Crippen molar-refractivity contribution in [2.75, 3.05) is 14.1 Å². The van der Waals surface area contributed by atoms with Gasteiger partial charge in [-0.1, -0.05) is 5.02 Å². The molecule has 0 heterocycles. The summed E-state index contributed by atoms with van der Waals surface area (Å²) in [5.74, 6) is 0. The van der Waals surface area contributed by atoms with Crippen molar-refractivity contribution in [3.63, 3.8) is 0 Å². The van der Waals surface area contributed by atoms with Gasteiger partial charge in [0.25, 0.3) is 0 Å². The molecule has 0 unspecified atom stereocenters.